The smallest absolute Gasteiger partial charge is 0.407 e. The van der Waals surface area contributed by atoms with Gasteiger partial charge in [0.05, 0.1) is 0 Å². The number of carbonyl (C=O) groups is 4. The van der Waals surface area contributed by atoms with Gasteiger partial charge in [-0.25, -0.2) is 4.79 Å². The maximum atomic E-state index is 13.5. The number of fused-ring (bicyclic) bond motifs is 3. The molecule has 0 bridgehead atoms. The normalized spacial score (nSPS) is 13.8. The molecule has 0 fully saturated rings. The summed E-state index contributed by atoms with van der Waals surface area (Å²) in [6.45, 7) is 3.57. The fourth-order valence-corrected chi connectivity index (χ4v) is 5.69. The molecule has 0 spiro atoms. The summed E-state index contributed by atoms with van der Waals surface area (Å²) in [6, 6.07) is 29.8. The Morgan fingerprint density at radius 3 is 1.80 bits per heavy atom. The Morgan fingerprint density at radius 1 is 0.674 bits per heavy atom. The van der Waals surface area contributed by atoms with Crippen molar-refractivity contribution in [1.29, 1.82) is 0 Å². The maximum absolute atomic E-state index is 13.5. The SMILES string of the molecule is Cc1ccc(CC(NC(=O)[C@H](Cc2ccccc2)NC(=O)[C@H](C)NC(=O)OCC2c3ccccc3-c3ccccc32)C(N)=O)cc1. The van der Waals surface area contributed by atoms with E-state index in [-0.39, 0.29) is 25.4 Å². The van der Waals surface area contributed by atoms with Crippen LogP contribution in [-0.2, 0) is 32.0 Å². The number of nitrogens with one attached hydrogen (secondary N) is 3. The highest BCUT2D eigenvalue weighted by Crippen LogP contribution is 2.44. The van der Waals surface area contributed by atoms with Crippen LogP contribution in [-0.4, -0.2) is 48.5 Å². The third-order valence-corrected chi connectivity index (χ3v) is 8.21. The van der Waals surface area contributed by atoms with Crippen LogP contribution in [0.1, 0.15) is 40.7 Å². The third-order valence-electron chi connectivity index (χ3n) is 8.21. The van der Waals surface area contributed by atoms with Crippen LogP contribution in [0.15, 0.2) is 103 Å². The average Bonchev–Trinajstić information content (AvgIpc) is 3.38. The van der Waals surface area contributed by atoms with E-state index in [0.29, 0.717) is 0 Å². The van der Waals surface area contributed by atoms with Crippen LogP contribution in [0.25, 0.3) is 11.1 Å². The average molecular weight is 619 g/mol. The van der Waals surface area contributed by atoms with Crippen LogP contribution < -0.4 is 21.7 Å². The van der Waals surface area contributed by atoms with E-state index < -0.39 is 41.9 Å². The largest absolute Gasteiger partial charge is 0.449 e. The zero-order chi connectivity index (χ0) is 32.6. The van der Waals surface area contributed by atoms with Gasteiger partial charge in [-0.3, -0.25) is 14.4 Å². The number of hydrogen-bond acceptors (Lipinski definition) is 5. The molecule has 0 radical (unpaired) electrons. The van der Waals surface area contributed by atoms with E-state index in [1.807, 2.05) is 97.9 Å². The van der Waals surface area contributed by atoms with Gasteiger partial charge in [-0.05, 0) is 47.2 Å². The lowest BCUT2D eigenvalue weighted by molar-refractivity contribution is -0.131. The highest BCUT2D eigenvalue weighted by atomic mass is 16.5. The van der Waals surface area contributed by atoms with Crippen LogP contribution >= 0.6 is 0 Å². The fraction of sp³-hybridized carbons (Fsp3) is 0.243. The van der Waals surface area contributed by atoms with Gasteiger partial charge in [-0.15, -0.1) is 0 Å². The molecule has 0 saturated heterocycles. The summed E-state index contributed by atoms with van der Waals surface area (Å²) in [5, 5.41) is 8.03. The Labute approximate surface area is 268 Å². The second kappa shape index (κ2) is 14.6. The molecule has 9 nitrogen and oxygen atoms in total. The lowest BCUT2D eigenvalue weighted by Crippen LogP contribution is -2.57. The summed E-state index contributed by atoms with van der Waals surface area (Å²) in [5.74, 6) is -1.97. The topological polar surface area (TPSA) is 140 Å². The molecule has 4 aromatic carbocycles. The van der Waals surface area contributed by atoms with Gasteiger partial charge < -0.3 is 26.4 Å². The van der Waals surface area contributed by atoms with Crippen molar-refractivity contribution >= 4 is 23.8 Å². The molecule has 4 aromatic rings. The number of alkyl carbamates (subject to hydrolysis) is 1. The fourth-order valence-electron chi connectivity index (χ4n) is 5.69. The molecule has 4 amide bonds. The number of carbonyl (C=O) groups excluding carboxylic acids is 4. The van der Waals surface area contributed by atoms with Gasteiger partial charge in [0.2, 0.25) is 17.7 Å². The lowest BCUT2D eigenvalue weighted by Gasteiger charge is -2.24. The number of hydrogen-bond donors (Lipinski definition) is 4. The van der Waals surface area contributed by atoms with E-state index in [9.17, 15) is 19.2 Å². The predicted molar refractivity (Wildman–Crippen MR) is 176 cm³/mol. The van der Waals surface area contributed by atoms with E-state index in [2.05, 4.69) is 28.1 Å². The molecule has 1 aliphatic rings. The Balaban J connectivity index is 1.21. The molecule has 0 saturated carbocycles. The first-order chi connectivity index (χ1) is 22.2. The predicted octanol–water partition coefficient (Wildman–Crippen LogP) is 4.16. The molecule has 236 valence electrons. The first-order valence-electron chi connectivity index (χ1n) is 15.3. The molecule has 0 aliphatic heterocycles. The zero-order valence-electron chi connectivity index (χ0n) is 25.9. The summed E-state index contributed by atoms with van der Waals surface area (Å²) >= 11 is 0. The van der Waals surface area contributed by atoms with Crippen molar-refractivity contribution in [1.82, 2.24) is 16.0 Å². The maximum Gasteiger partial charge on any atom is 0.407 e. The molecular formula is C37H38N4O5. The number of aryl methyl sites for hydroxylation is 1. The molecule has 1 aliphatic carbocycles. The highest BCUT2D eigenvalue weighted by Gasteiger charge is 2.31. The zero-order valence-corrected chi connectivity index (χ0v) is 25.9. The number of amides is 4. The van der Waals surface area contributed by atoms with Crippen molar-refractivity contribution in [2.75, 3.05) is 6.61 Å². The number of nitrogens with two attached hydrogens (primary N) is 1. The van der Waals surface area contributed by atoms with E-state index in [4.69, 9.17) is 10.5 Å². The van der Waals surface area contributed by atoms with E-state index in [1.54, 1.807) is 0 Å². The van der Waals surface area contributed by atoms with Crippen LogP contribution in [0.2, 0.25) is 0 Å². The molecular weight excluding hydrogens is 580 g/mol. The number of ether oxygens (including phenoxy) is 1. The number of benzene rings is 4. The van der Waals surface area contributed by atoms with Crippen molar-refractivity contribution in [2.24, 2.45) is 5.73 Å². The monoisotopic (exact) mass is 618 g/mol. The minimum atomic E-state index is -1.04. The minimum absolute atomic E-state index is 0.0999. The van der Waals surface area contributed by atoms with Crippen molar-refractivity contribution < 1.29 is 23.9 Å². The second-order valence-corrected chi connectivity index (χ2v) is 11.6. The Bertz CT molecular complexity index is 1660. The van der Waals surface area contributed by atoms with Gasteiger partial charge in [0.1, 0.15) is 24.7 Å². The lowest BCUT2D eigenvalue weighted by atomic mass is 9.98. The van der Waals surface area contributed by atoms with Crippen LogP contribution in [0.4, 0.5) is 4.79 Å². The second-order valence-electron chi connectivity index (χ2n) is 11.6. The standard InChI is InChI=1S/C37H38N4O5/c1-23-16-18-26(19-17-23)20-32(34(38)42)40-36(44)33(21-25-10-4-3-5-11-25)41-35(43)24(2)39-37(45)46-22-31-29-14-8-6-12-27(29)28-13-7-9-15-30(28)31/h3-19,24,31-33H,20-22H2,1-2H3,(H2,38,42)(H,39,45)(H,40,44)(H,41,43)/t24-,32?,33-/m0/s1. The first-order valence-corrected chi connectivity index (χ1v) is 15.3. The van der Waals surface area contributed by atoms with Gasteiger partial charge in [0, 0.05) is 18.8 Å². The van der Waals surface area contributed by atoms with Crippen LogP contribution in [0.5, 0.6) is 0 Å². The Morgan fingerprint density at radius 2 is 1.20 bits per heavy atom. The summed E-state index contributed by atoms with van der Waals surface area (Å²) in [6.07, 6.45) is -0.389. The van der Waals surface area contributed by atoms with Gasteiger partial charge in [-0.1, -0.05) is 109 Å². The Kier molecular flexibility index (Phi) is 10.1. The number of primary amides is 1. The van der Waals surface area contributed by atoms with E-state index in [1.165, 1.54) is 6.92 Å². The first kappa shape index (κ1) is 32.0. The quantitative estimate of drug-likeness (QED) is 0.189. The number of rotatable bonds is 12. The van der Waals surface area contributed by atoms with Crippen molar-refractivity contribution in [3.63, 3.8) is 0 Å². The summed E-state index contributed by atoms with van der Waals surface area (Å²) in [4.78, 5) is 51.9. The minimum Gasteiger partial charge on any atom is -0.449 e. The third kappa shape index (κ3) is 7.79. The van der Waals surface area contributed by atoms with Gasteiger partial charge >= 0.3 is 6.09 Å². The molecule has 0 heterocycles. The van der Waals surface area contributed by atoms with Crippen LogP contribution in [0, 0.1) is 6.92 Å². The van der Waals surface area contributed by atoms with Crippen molar-refractivity contribution in [3.05, 3.63) is 131 Å². The van der Waals surface area contributed by atoms with E-state index in [0.717, 1.165) is 38.9 Å². The molecule has 3 atom stereocenters. The molecule has 9 heteroatoms. The summed E-state index contributed by atoms with van der Waals surface area (Å²) in [5.41, 5.74) is 12.7. The Hall–Kier alpha value is -5.44. The molecule has 5 N–H and O–H groups in total. The summed E-state index contributed by atoms with van der Waals surface area (Å²) < 4.78 is 5.59. The van der Waals surface area contributed by atoms with E-state index >= 15 is 0 Å². The van der Waals surface area contributed by atoms with Crippen LogP contribution in [0.3, 0.4) is 0 Å². The van der Waals surface area contributed by atoms with Gasteiger partial charge in [0.15, 0.2) is 0 Å². The summed E-state index contributed by atoms with van der Waals surface area (Å²) in [7, 11) is 0. The van der Waals surface area contributed by atoms with Crippen molar-refractivity contribution in [2.45, 2.75) is 50.7 Å². The molecule has 1 unspecified atom stereocenters. The van der Waals surface area contributed by atoms with Gasteiger partial charge in [-0.2, -0.15) is 0 Å². The highest BCUT2D eigenvalue weighted by molar-refractivity contribution is 5.93. The van der Waals surface area contributed by atoms with Gasteiger partial charge in [0.25, 0.3) is 0 Å². The molecule has 46 heavy (non-hydrogen) atoms. The van der Waals surface area contributed by atoms with Crippen molar-refractivity contribution in [3.8, 4) is 11.1 Å². The molecule has 5 rings (SSSR count). The molecule has 0 aromatic heterocycles.